The van der Waals surface area contributed by atoms with Crippen LogP contribution in [0.25, 0.3) is 0 Å². The molecule has 1 heterocycles. The van der Waals surface area contributed by atoms with Crippen LogP contribution < -0.4 is 10.2 Å². The molecule has 8 heteroatoms. The van der Waals surface area contributed by atoms with Crippen molar-refractivity contribution in [1.82, 2.24) is 0 Å². The number of aryl methyl sites for hydroxylation is 1. The molecule has 0 radical (unpaired) electrons. The van der Waals surface area contributed by atoms with Crippen molar-refractivity contribution in [3.05, 3.63) is 58.6 Å². The molecular weight excluding hydrogens is 381 g/mol. The first-order chi connectivity index (χ1) is 12.6. The Hall–Kier alpha value is -2.54. The Morgan fingerprint density at radius 2 is 1.85 bits per heavy atom. The minimum atomic E-state index is -4.43. The summed E-state index contributed by atoms with van der Waals surface area (Å²) in [5.41, 5.74) is 0.969. The van der Waals surface area contributed by atoms with Crippen molar-refractivity contribution in [2.45, 2.75) is 19.5 Å². The topological polar surface area (TPSA) is 49.4 Å². The highest BCUT2D eigenvalue weighted by Crippen LogP contribution is 2.31. The number of nitrogens with zero attached hydrogens (tertiary/aromatic N) is 1. The van der Waals surface area contributed by atoms with Gasteiger partial charge in [-0.2, -0.15) is 13.2 Å². The number of carbonyl (C=O) groups is 2. The summed E-state index contributed by atoms with van der Waals surface area (Å²) in [5, 5.41) is 3.13. The molecule has 2 amide bonds. The smallest absolute Gasteiger partial charge is 0.326 e. The summed E-state index contributed by atoms with van der Waals surface area (Å²) in [5.74, 6) is -1.18. The number of carbonyl (C=O) groups excluding carboxylic acids is 2. The van der Waals surface area contributed by atoms with E-state index in [4.69, 9.17) is 11.6 Å². The maximum Gasteiger partial charge on any atom is 0.416 e. The molecule has 1 fully saturated rings. The highest BCUT2D eigenvalue weighted by atomic mass is 35.5. The molecular formula is C19H16ClF3N2O2. The number of amides is 2. The standard InChI is InChI=1S/C19H16ClF3N2O2/c1-11-8-14(20)4-7-16(11)25-10-12(9-17(25)26)18(27)24-15-5-2-13(3-6-15)19(21,22)23/h2-8,12H,9-10H2,1H3,(H,24,27). The lowest BCUT2D eigenvalue weighted by atomic mass is 10.1. The number of halogens is 4. The number of hydrogen-bond donors (Lipinski definition) is 1. The van der Waals surface area contributed by atoms with Gasteiger partial charge in [-0.05, 0) is 55.0 Å². The van der Waals surface area contributed by atoms with Crippen LogP contribution in [0.2, 0.25) is 5.02 Å². The molecule has 0 saturated carbocycles. The second kappa shape index (κ2) is 7.23. The first kappa shape index (κ1) is 19.2. The number of benzene rings is 2. The summed E-state index contributed by atoms with van der Waals surface area (Å²) in [6.07, 6.45) is -4.40. The van der Waals surface area contributed by atoms with Gasteiger partial charge in [-0.25, -0.2) is 0 Å². The fraction of sp³-hybridized carbons (Fsp3) is 0.263. The summed E-state index contributed by atoms with van der Waals surface area (Å²) < 4.78 is 37.8. The van der Waals surface area contributed by atoms with Crippen LogP contribution >= 0.6 is 11.6 Å². The molecule has 1 unspecified atom stereocenters. The van der Waals surface area contributed by atoms with Crippen molar-refractivity contribution in [2.24, 2.45) is 5.92 Å². The van der Waals surface area contributed by atoms with Crippen molar-refractivity contribution in [3.8, 4) is 0 Å². The minimum absolute atomic E-state index is 0.0362. The fourth-order valence-electron chi connectivity index (χ4n) is 3.02. The van der Waals surface area contributed by atoms with Gasteiger partial charge in [0, 0.05) is 29.4 Å². The van der Waals surface area contributed by atoms with Gasteiger partial charge in [-0.15, -0.1) is 0 Å². The van der Waals surface area contributed by atoms with E-state index in [0.29, 0.717) is 10.7 Å². The van der Waals surface area contributed by atoms with Crippen molar-refractivity contribution >= 4 is 34.8 Å². The maximum absolute atomic E-state index is 12.6. The first-order valence-electron chi connectivity index (χ1n) is 8.20. The van der Waals surface area contributed by atoms with Crippen LogP contribution in [-0.4, -0.2) is 18.4 Å². The summed E-state index contributed by atoms with van der Waals surface area (Å²) in [7, 11) is 0. The van der Waals surface area contributed by atoms with E-state index in [1.807, 2.05) is 6.92 Å². The quantitative estimate of drug-likeness (QED) is 0.820. The highest BCUT2D eigenvalue weighted by molar-refractivity contribution is 6.30. The van der Waals surface area contributed by atoms with Crippen molar-refractivity contribution in [3.63, 3.8) is 0 Å². The monoisotopic (exact) mass is 396 g/mol. The Morgan fingerprint density at radius 1 is 1.19 bits per heavy atom. The van der Waals surface area contributed by atoms with Crippen LogP contribution in [0.15, 0.2) is 42.5 Å². The molecule has 4 nitrogen and oxygen atoms in total. The van der Waals surface area contributed by atoms with Crippen LogP contribution in [0.4, 0.5) is 24.5 Å². The van der Waals surface area contributed by atoms with E-state index in [-0.39, 0.29) is 24.6 Å². The molecule has 0 aliphatic carbocycles. The van der Waals surface area contributed by atoms with Gasteiger partial charge in [0.15, 0.2) is 0 Å². The summed E-state index contributed by atoms with van der Waals surface area (Å²) in [6, 6.07) is 9.33. The van der Waals surface area contributed by atoms with Crippen LogP contribution in [0.3, 0.4) is 0 Å². The zero-order valence-electron chi connectivity index (χ0n) is 14.3. The van der Waals surface area contributed by atoms with E-state index in [9.17, 15) is 22.8 Å². The van der Waals surface area contributed by atoms with E-state index in [1.54, 1.807) is 18.2 Å². The second-order valence-electron chi connectivity index (χ2n) is 6.40. The molecule has 1 aliphatic heterocycles. The van der Waals surface area contributed by atoms with E-state index < -0.39 is 23.6 Å². The lowest BCUT2D eigenvalue weighted by Gasteiger charge is -2.19. The molecule has 0 aromatic heterocycles. The number of hydrogen-bond acceptors (Lipinski definition) is 2. The summed E-state index contributed by atoms with van der Waals surface area (Å²) >= 11 is 5.93. The third-order valence-corrected chi connectivity index (χ3v) is 4.66. The van der Waals surface area contributed by atoms with Gasteiger partial charge in [-0.1, -0.05) is 11.6 Å². The van der Waals surface area contributed by atoms with Gasteiger partial charge in [0.05, 0.1) is 11.5 Å². The van der Waals surface area contributed by atoms with Crippen molar-refractivity contribution < 1.29 is 22.8 Å². The highest BCUT2D eigenvalue weighted by Gasteiger charge is 2.36. The minimum Gasteiger partial charge on any atom is -0.326 e. The van der Waals surface area contributed by atoms with E-state index in [1.165, 1.54) is 17.0 Å². The molecule has 0 bridgehead atoms. The van der Waals surface area contributed by atoms with E-state index in [2.05, 4.69) is 5.32 Å². The predicted octanol–water partition coefficient (Wildman–Crippen LogP) is 4.66. The Balaban J connectivity index is 1.69. The van der Waals surface area contributed by atoms with Crippen molar-refractivity contribution in [2.75, 3.05) is 16.8 Å². The van der Waals surface area contributed by atoms with Crippen LogP contribution in [-0.2, 0) is 15.8 Å². The third-order valence-electron chi connectivity index (χ3n) is 4.43. The SMILES string of the molecule is Cc1cc(Cl)ccc1N1CC(C(=O)Nc2ccc(C(F)(F)F)cc2)CC1=O. The molecule has 27 heavy (non-hydrogen) atoms. The average molecular weight is 397 g/mol. The number of nitrogens with one attached hydrogen (secondary N) is 1. The molecule has 142 valence electrons. The fourth-order valence-corrected chi connectivity index (χ4v) is 3.25. The maximum atomic E-state index is 12.6. The predicted molar refractivity (Wildman–Crippen MR) is 96.7 cm³/mol. The summed E-state index contributed by atoms with van der Waals surface area (Å²) in [4.78, 5) is 26.3. The normalized spacial score (nSPS) is 17.3. The molecule has 3 rings (SSSR count). The molecule has 1 N–H and O–H groups in total. The molecule has 1 saturated heterocycles. The van der Waals surface area contributed by atoms with Gasteiger partial charge in [0.25, 0.3) is 0 Å². The zero-order valence-corrected chi connectivity index (χ0v) is 15.1. The zero-order chi connectivity index (χ0) is 19.8. The van der Waals surface area contributed by atoms with E-state index in [0.717, 1.165) is 17.7 Å². The average Bonchev–Trinajstić information content (AvgIpc) is 2.96. The number of anilines is 2. The summed E-state index contributed by atoms with van der Waals surface area (Å²) in [6.45, 7) is 2.03. The Morgan fingerprint density at radius 3 is 2.44 bits per heavy atom. The van der Waals surface area contributed by atoms with E-state index >= 15 is 0 Å². The van der Waals surface area contributed by atoms with Gasteiger partial charge in [0.2, 0.25) is 11.8 Å². The second-order valence-corrected chi connectivity index (χ2v) is 6.84. The third kappa shape index (κ3) is 4.24. The number of rotatable bonds is 3. The molecule has 0 spiro atoms. The molecule has 2 aromatic carbocycles. The molecule has 1 atom stereocenters. The lowest BCUT2D eigenvalue weighted by Crippen LogP contribution is -2.28. The number of alkyl halides is 3. The van der Waals surface area contributed by atoms with Crippen molar-refractivity contribution in [1.29, 1.82) is 0 Å². The van der Waals surface area contributed by atoms with Crippen LogP contribution in [0.5, 0.6) is 0 Å². The van der Waals surface area contributed by atoms with Crippen LogP contribution in [0.1, 0.15) is 17.5 Å². The largest absolute Gasteiger partial charge is 0.416 e. The molecule has 1 aliphatic rings. The van der Waals surface area contributed by atoms with Gasteiger partial charge < -0.3 is 10.2 Å². The first-order valence-corrected chi connectivity index (χ1v) is 8.57. The Kier molecular flexibility index (Phi) is 5.15. The van der Waals surface area contributed by atoms with Gasteiger partial charge in [0.1, 0.15) is 0 Å². The molecule has 2 aromatic rings. The lowest BCUT2D eigenvalue weighted by molar-refractivity contribution is -0.137. The Labute approximate surface area is 158 Å². The van der Waals surface area contributed by atoms with Gasteiger partial charge >= 0.3 is 6.18 Å². The van der Waals surface area contributed by atoms with Crippen LogP contribution in [0, 0.1) is 12.8 Å². The Bertz CT molecular complexity index is 882. The van der Waals surface area contributed by atoms with Gasteiger partial charge in [-0.3, -0.25) is 9.59 Å².